The molecule has 0 saturated heterocycles. The van der Waals surface area contributed by atoms with E-state index in [-0.39, 0.29) is 0 Å². The molecular weight excluding hydrogens is 257 g/mol. The quantitative estimate of drug-likeness (QED) is 0.781. The Morgan fingerprint density at radius 1 is 1.29 bits per heavy atom. The zero-order valence-electron chi connectivity index (χ0n) is 10.3. The van der Waals surface area contributed by atoms with Gasteiger partial charge in [0.05, 0.1) is 15.6 Å². The van der Waals surface area contributed by atoms with Crippen LogP contribution in [0.2, 0.25) is 10.0 Å². The second-order valence-electron chi connectivity index (χ2n) is 4.53. The summed E-state index contributed by atoms with van der Waals surface area (Å²) in [6, 6.07) is 5.47. The van der Waals surface area contributed by atoms with E-state index < -0.39 is 5.60 Å². The summed E-state index contributed by atoms with van der Waals surface area (Å²) in [7, 11) is 0. The molecule has 0 saturated carbocycles. The van der Waals surface area contributed by atoms with E-state index >= 15 is 0 Å². The van der Waals surface area contributed by atoms with Gasteiger partial charge in [-0.1, -0.05) is 36.2 Å². The Kier molecular flexibility index (Phi) is 5.74. The first-order chi connectivity index (χ1) is 7.94. The van der Waals surface area contributed by atoms with Crippen LogP contribution >= 0.6 is 23.2 Å². The molecule has 96 valence electrons. The molecule has 17 heavy (non-hydrogen) atoms. The van der Waals surface area contributed by atoms with Crippen LogP contribution in [0.5, 0.6) is 0 Å². The minimum absolute atomic E-state index is 0.534. The number of halogens is 2. The molecule has 1 rings (SSSR count). The lowest BCUT2D eigenvalue weighted by molar-refractivity contribution is 0.0517. The molecule has 0 spiro atoms. The van der Waals surface area contributed by atoms with E-state index in [1.54, 1.807) is 6.07 Å². The van der Waals surface area contributed by atoms with Crippen molar-refractivity contribution in [3.05, 3.63) is 33.8 Å². The van der Waals surface area contributed by atoms with Crippen LogP contribution in [-0.2, 0) is 6.42 Å². The maximum absolute atomic E-state index is 10.2. The van der Waals surface area contributed by atoms with E-state index in [0.29, 0.717) is 22.9 Å². The Morgan fingerprint density at radius 2 is 2.00 bits per heavy atom. The van der Waals surface area contributed by atoms with Crippen LogP contribution < -0.4 is 5.32 Å². The topological polar surface area (TPSA) is 32.3 Å². The second-order valence-corrected chi connectivity index (χ2v) is 5.34. The van der Waals surface area contributed by atoms with Crippen molar-refractivity contribution in [2.24, 2.45) is 0 Å². The molecule has 0 aliphatic carbocycles. The fourth-order valence-corrected chi connectivity index (χ4v) is 2.03. The largest absolute Gasteiger partial charge is 0.390 e. The van der Waals surface area contributed by atoms with Crippen molar-refractivity contribution < 1.29 is 5.11 Å². The van der Waals surface area contributed by atoms with E-state index in [1.165, 1.54) is 0 Å². The highest BCUT2D eigenvalue weighted by Crippen LogP contribution is 2.25. The molecule has 2 N–H and O–H groups in total. The summed E-state index contributed by atoms with van der Waals surface area (Å²) in [5.74, 6) is 0. The lowest BCUT2D eigenvalue weighted by Crippen LogP contribution is -2.32. The third-order valence-electron chi connectivity index (χ3n) is 2.66. The first-order valence-electron chi connectivity index (χ1n) is 5.81. The summed E-state index contributed by atoms with van der Waals surface area (Å²) in [6.07, 6.45) is 1.29. The number of aliphatic hydroxyl groups is 1. The number of rotatable bonds is 6. The molecule has 1 aromatic rings. The Bertz CT molecular complexity index is 366. The summed E-state index contributed by atoms with van der Waals surface area (Å²) in [5.41, 5.74) is 0.278. The summed E-state index contributed by atoms with van der Waals surface area (Å²) < 4.78 is 0. The highest BCUT2D eigenvalue weighted by atomic mass is 35.5. The van der Waals surface area contributed by atoms with Crippen molar-refractivity contribution in [3.63, 3.8) is 0 Å². The predicted octanol–water partition coefficient (Wildman–Crippen LogP) is 3.29. The summed E-state index contributed by atoms with van der Waals surface area (Å²) in [6.45, 7) is 5.62. The minimum atomic E-state index is -0.723. The zero-order valence-corrected chi connectivity index (χ0v) is 11.8. The van der Waals surface area contributed by atoms with Crippen LogP contribution in [0.1, 0.15) is 25.8 Å². The van der Waals surface area contributed by atoms with Gasteiger partial charge in [0.15, 0.2) is 0 Å². The Balaban J connectivity index is 2.59. The molecule has 0 bridgehead atoms. The third kappa shape index (κ3) is 5.26. The molecule has 0 aliphatic rings. The second kappa shape index (κ2) is 6.60. The van der Waals surface area contributed by atoms with Gasteiger partial charge in [-0.15, -0.1) is 0 Å². The molecule has 1 unspecified atom stereocenters. The van der Waals surface area contributed by atoms with Crippen LogP contribution in [0, 0.1) is 0 Å². The number of hydrogen-bond donors (Lipinski definition) is 2. The van der Waals surface area contributed by atoms with Gasteiger partial charge in [0.1, 0.15) is 0 Å². The average Bonchev–Trinajstić information content (AvgIpc) is 2.23. The van der Waals surface area contributed by atoms with Gasteiger partial charge in [0, 0.05) is 6.42 Å². The van der Waals surface area contributed by atoms with Crippen molar-refractivity contribution in [2.75, 3.05) is 13.1 Å². The zero-order chi connectivity index (χ0) is 12.9. The van der Waals surface area contributed by atoms with E-state index in [1.807, 2.05) is 26.0 Å². The standard InChI is InChI=1S/C13H19Cl2NO/c1-3-16-7-6-13(2,17)9-10-4-5-11(14)12(15)8-10/h4-5,8,16-17H,3,6-7,9H2,1-2H3. The van der Waals surface area contributed by atoms with Gasteiger partial charge in [-0.3, -0.25) is 0 Å². The lowest BCUT2D eigenvalue weighted by atomic mass is 9.93. The predicted molar refractivity (Wildman–Crippen MR) is 74.0 cm³/mol. The Hall–Kier alpha value is -0.280. The highest BCUT2D eigenvalue weighted by molar-refractivity contribution is 6.42. The monoisotopic (exact) mass is 275 g/mol. The lowest BCUT2D eigenvalue weighted by Gasteiger charge is -2.23. The Labute approximate surface area is 113 Å². The molecule has 0 amide bonds. The maximum Gasteiger partial charge on any atom is 0.0672 e. The SMILES string of the molecule is CCNCCC(C)(O)Cc1ccc(Cl)c(Cl)c1. The summed E-state index contributed by atoms with van der Waals surface area (Å²) in [4.78, 5) is 0. The van der Waals surface area contributed by atoms with E-state index in [0.717, 1.165) is 18.7 Å². The summed E-state index contributed by atoms with van der Waals surface area (Å²) in [5, 5.41) is 14.5. The molecule has 0 aromatic heterocycles. The smallest absolute Gasteiger partial charge is 0.0672 e. The van der Waals surface area contributed by atoms with Gasteiger partial charge in [0.2, 0.25) is 0 Å². The van der Waals surface area contributed by atoms with Crippen molar-refractivity contribution in [1.29, 1.82) is 0 Å². The number of hydrogen-bond acceptors (Lipinski definition) is 2. The number of benzene rings is 1. The highest BCUT2D eigenvalue weighted by Gasteiger charge is 2.20. The normalized spacial score (nSPS) is 14.6. The molecule has 4 heteroatoms. The Morgan fingerprint density at radius 3 is 2.59 bits per heavy atom. The molecular formula is C13H19Cl2NO. The molecule has 2 nitrogen and oxygen atoms in total. The summed E-state index contributed by atoms with van der Waals surface area (Å²) >= 11 is 11.8. The molecule has 0 heterocycles. The van der Waals surface area contributed by atoms with Crippen LogP contribution in [0.25, 0.3) is 0 Å². The fraction of sp³-hybridized carbons (Fsp3) is 0.538. The molecule has 1 atom stereocenters. The van der Waals surface area contributed by atoms with Crippen LogP contribution in [0.15, 0.2) is 18.2 Å². The van der Waals surface area contributed by atoms with Crippen LogP contribution in [0.3, 0.4) is 0 Å². The van der Waals surface area contributed by atoms with E-state index in [4.69, 9.17) is 23.2 Å². The first-order valence-corrected chi connectivity index (χ1v) is 6.57. The first kappa shape index (κ1) is 14.8. The molecule has 0 fully saturated rings. The van der Waals surface area contributed by atoms with Gasteiger partial charge in [-0.2, -0.15) is 0 Å². The van der Waals surface area contributed by atoms with Crippen molar-refractivity contribution in [1.82, 2.24) is 5.32 Å². The fourth-order valence-electron chi connectivity index (χ4n) is 1.71. The maximum atomic E-state index is 10.2. The van der Waals surface area contributed by atoms with Gasteiger partial charge >= 0.3 is 0 Å². The van der Waals surface area contributed by atoms with Crippen LogP contribution in [-0.4, -0.2) is 23.8 Å². The molecule has 0 radical (unpaired) electrons. The third-order valence-corrected chi connectivity index (χ3v) is 3.40. The minimum Gasteiger partial charge on any atom is -0.390 e. The van der Waals surface area contributed by atoms with E-state index in [9.17, 15) is 5.11 Å². The van der Waals surface area contributed by atoms with Gasteiger partial charge in [-0.05, 0) is 44.1 Å². The van der Waals surface area contributed by atoms with Crippen molar-refractivity contribution in [2.45, 2.75) is 32.3 Å². The van der Waals surface area contributed by atoms with Crippen molar-refractivity contribution >= 4 is 23.2 Å². The number of nitrogens with one attached hydrogen (secondary N) is 1. The van der Waals surface area contributed by atoms with Gasteiger partial charge in [-0.25, -0.2) is 0 Å². The van der Waals surface area contributed by atoms with Gasteiger partial charge < -0.3 is 10.4 Å². The average molecular weight is 276 g/mol. The van der Waals surface area contributed by atoms with Gasteiger partial charge in [0.25, 0.3) is 0 Å². The molecule has 0 aliphatic heterocycles. The molecule has 1 aromatic carbocycles. The van der Waals surface area contributed by atoms with E-state index in [2.05, 4.69) is 5.32 Å². The van der Waals surface area contributed by atoms with Crippen molar-refractivity contribution in [3.8, 4) is 0 Å². The van der Waals surface area contributed by atoms with Crippen LogP contribution in [0.4, 0.5) is 0 Å².